The van der Waals surface area contributed by atoms with Gasteiger partial charge in [-0.05, 0) is 26.9 Å². The van der Waals surface area contributed by atoms with Gasteiger partial charge in [0, 0.05) is 25.0 Å². The number of alkyl carbamates (subject to hydrolysis) is 1. The highest BCUT2D eigenvalue weighted by Gasteiger charge is 2.28. The highest BCUT2D eigenvalue weighted by molar-refractivity contribution is 5.67. The number of carbonyl (C=O) groups excluding carboxylic acids is 1. The Morgan fingerprint density at radius 1 is 1.17 bits per heavy atom. The smallest absolute Gasteiger partial charge is 0.407 e. The minimum Gasteiger partial charge on any atom is -0.449 e. The summed E-state index contributed by atoms with van der Waals surface area (Å²) >= 11 is 0. The number of hydrogen-bond donors (Lipinski definition) is 3. The zero-order valence-corrected chi connectivity index (χ0v) is 12.3. The van der Waals surface area contributed by atoms with Crippen molar-refractivity contribution in [1.82, 2.24) is 16.0 Å². The van der Waals surface area contributed by atoms with Crippen molar-refractivity contribution >= 4 is 6.09 Å². The van der Waals surface area contributed by atoms with Crippen LogP contribution in [0.3, 0.4) is 0 Å². The quantitative estimate of drug-likeness (QED) is 0.518. The number of carbonyl (C=O) groups is 1. The second-order valence-electron chi connectivity index (χ2n) is 4.77. The number of amides is 1. The molecule has 0 unspecified atom stereocenters. The molecule has 1 amide bonds. The highest BCUT2D eigenvalue weighted by Crippen LogP contribution is 2.20. The topological polar surface area (TPSA) is 62.4 Å². The zero-order chi connectivity index (χ0) is 13.9. The predicted molar refractivity (Wildman–Crippen MR) is 74.8 cm³/mol. The van der Waals surface area contributed by atoms with Gasteiger partial charge in [0.1, 0.15) is 6.61 Å². The molecule has 0 atom stereocenters. The third-order valence-corrected chi connectivity index (χ3v) is 3.16. The second kappa shape index (κ2) is 10.1. The fourth-order valence-electron chi connectivity index (χ4n) is 1.90. The SMILES string of the molecule is CCCCNC(=O)OCC(CC)(CNC)CNC. The van der Waals surface area contributed by atoms with Gasteiger partial charge in [0.05, 0.1) is 0 Å². The van der Waals surface area contributed by atoms with E-state index >= 15 is 0 Å². The molecule has 3 N–H and O–H groups in total. The van der Waals surface area contributed by atoms with Crippen molar-refractivity contribution in [2.24, 2.45) is 5.41 Å². The van der Waals surface area contributed by atoms with Gasteiger partial charge in [0.15, 0.2) is 0 Å². The van der Waals surface area contributed by atoms with Gasteiger partial charge in [-0.1, -0.05) is 20.3 Å². The van der Waals surface area contributed by atoms with Gasteiger partial charge in [-0.2, -0.15) is 0 Å². The van der Waals surface area contributed by atoms with Crippen LogP contribution in [0, 0.1) is 5.41 Å². The lowest BCUT2D eigenvalue weighted by Crippen LogP contribution is -2.45. The van der Waals surface area contributed by atoms with Crippen LogP contribution in [0.1, 0.15) is 33.1 Å². The molecular formula is C13H29N3O2. The van der Waals surface area contributed by atoms with Crippen molar-refractivity contribution < 1.29 is 9.53 Å². The molecule has 0 rings (SSSR count). The fourth-order valence-corrected chi connectivity index (χ4v) is 1.90. The van der Waals surface area contributed by atoms with Crippen LogP contribution in [0.25, 0.3) is 0 Å². The number of rotatable bonds is 10. The van der Waals surface area contributed by atoms with Gasteiger partial charge < -0.3 is 20.7 Å². The molecule has 5 heteroatoms. The Labute approximate surface area is 111 Å². The third kappa shape index (κ3) is 6.81. The molecule has 0 aliphatic heterocycles. The zero-order valence-electron chi connectivity index (χ0n) is 12.3. The van der Waals surface area contributed by atoms with Crippen molar-refractivity contribution in [3.05, 3.63) is 0 Å². The fraction of sp³-hybridized carbons (Fsp3) is 0.923. The summed E-state index contributed by atoms with van der Waals surface area (Å²) in [6.45, 7) is 6.98. The molecule has 0 aliphatic rings. The Morgan fingerprint density at radius 3 is 2.22 bits per heavy atom. The largest absolute Gasteiger partial charge is 0.449 e. The van der Waals surface area contributed by atoms with E-state index in [0.29, 0.717) is 13.2 Å². The summed E-state index contributed by atoms with van der Waals surface area (Å²) in [6.07, 6.45) is 2.70. The van der Waals surface area contributed by atoms with Crippen LogP contribution < -0.4 is 16.0 Å². The minimum absolute atomic E-state index is 0.0361. The van der Waals surface area contributed by atoms with Crippen LogP contribution in [0.15, 0.2) is 0 Å². The van der Waals surface area contributed by atoms with E-state index in [0.717, 1.165) is 32.4 Å². The first-order valence-electron chi connectivity index (χ1n) is 6.84. The number of unbranched alkanes of at least 4 members (excludes halogenated alkanes) is 1. The van der Waals surface area contributed by atoms with Crippen LogP contribution in [-0.4, -0.2) is 46.4 Å². The van der Waals surface area contributed by atoms with E-state index in [1.807, 2.05) is 14.1 Å². The van der Waals surface area contributed by atoms with Crippen LogP contribution in [0.5, 0.6) is 0 Å². The van der Waals surface area contributed by atoms with Crippen molar-refractivity contribution in [1.29, 1.82) is 0 Å². The first-order valence-corrected chi connectivity index (χ1v) is 6.84. The average Bonchev–Trinajstić information content (AvgIpc) is 2.37. The monoisotopic (exact) mass is 259 g/mol. The van der Waals surface area contributed by atoms with Crippen LogP contribution in [0.4, 0.5) is 4.79 Å². The maximum atomic E-state index is 11.5. The summed E-state index contributed by atoms with van der Waals surface area (Å²) in [5, 5.41) is 9.10. The summed E-state index contributed by atoms with van der Waals surface area (Å²) in [5.41, 5.74) is -0.0361. The molecule has 0 aromatic carbocycles. The predicted octanol–water partition coefficient (Wildman–Crippen LogP) is 1.35. The molecule has 5 nitrogen and oxygen atoms in total. The first-order chi connectivity index (χ1) is 8.64. The maximum absolute atomic E-state index is 11.5. The molecular weight excluding hydrogens is 230 g/mol. The van der Waals surface area contributed by atoms with E-state index in [9.17, 15) is 4.79 Å². The summed E-state index contributed by atoms with van der Waals surface area (Å²) in [5.74, 6) is 0. The minimum atomic E-state index is -0.312. The maximum Gasteiger partial charge on any atom is 0.407 e. The number of ether oxygens (including phenoxy) is 1. The Bertz CT molecular complexity index is 216. The molecule has 0 saturated carbocycles. The van der Waals surface area contributed by atoms with Gasteiger partial charge >= 0.3 is 6.09 Å². The standard InChI is InChI=1S/C13H29N3O2/c1-5-7-8-16-12(17)18-11-13(6-2,9-14-3)10-15-4/h14-15H,5-11H2,1-4H3,(H,16,17). The lowest BCUT2D eigenvalue weighted by Gasteiger charge is -2.31. The van der Waals surface area contributed by atoms with Crippen LogP contribution in [0.2, 0.25) is 0 Å². The van der Waals surface area contributed by atoms with Crippen LogP contribution in [-0.2, 0) is 4.74 Å². The Morgan fingerprint density at radius 2 is 1.78 bits per heavy atom. The van der Waals surface area contributed by atoms with Crippen LogP contribution >= 0.6 is 0 Å². The lowest BCUT2D eigenvalue weighted by atomic mass is 9.86. The van der Waals surface area contributed by atoms with Crippen molar-refractivity contribution in [3.63, 3.8) is 0 Å². The van der Waals surface area contributed by atoms with E-state index in [4.69, 9.17) is 4.74 Å². The lowest BCUT2D eigenvalue weighted by molar-refractivity contribution is 0.0790. The Hall–Kier alpha value is -0.810. The van der Waals surface area contributed by atoms with Crippen molar-refractivity contribution in [2.45, 2.75) is 33.1 Å². The van der Waals surface area contributed by atoms with E-state index < -0.39 is 0 Å². The summed E-state index contributed by atoms with van der Waals surface area (Å²) in [7, 11) is 3.84. The molecule has 0 spiro atoms. The molecule has 0 bridgehead atoms. The van der Waals surface area contributed by atoms with Crippen molar-refractivity contribution in [2.75, 3.05) is 40.3 Å². The molecule has 0 aromatic heterocycles. The normalized spacial score (nSPS) is 11.3. The molecule has 18 heavy (non-hydrogen) atoms. The molecule has 0 fully saturated rings. The van der Waals surface area contributed by atoms with Gasteiger partial charge in [-0.3, -0.25) is 0 Å². The molecule has 0 heterocycles. The highest BCUT2D eigenvalue weighted by atomic mass is 16.5. The van der Waals surface area contributed by atoms with Crippen molar-refractivity contribution in [3.8, 4) is 0 Å². The van der Waals surface area contributed by atoms with E-state index in [1.165, 1.54) is 0 Å². The first kappa shape index (κ1) is 17.2. The van der Waals surface area contributed by atoms with Gasteiger partial charge in [0.25, 0.3) is 0 Å². The summed E-state index contributed by atoms with van der Waals surface area (Å²) in [6, 6.07) is 0. The third-order valence-electron chi connectivity index (χ3n) is 3.16. The molecule has 0 radical (unpaired) electrons. The molecule has 0 saturated heterocycles. The molecule has 0 aliphatic carbocycles. The van der Waals surface area contributed by atoms with Gasteiger partial charge in [0.2, 0.25) is 0 Å². The average molecular weight is 259 g/mol. The summed E-state index contributed by atoms with van der Waals surface area (Å²) < 4.78 is 5.32. The molecule has 108 valence electrons. The van der Waals surface area contributed by atoms with Gasteiger partial charge in [-0.25, -0.2) is 4.79 Å². The van der Waals surface area contributed by atoms with E-state index in [1.54, 1.807) is 0 Å². The Balaban J connectivity index is 4.11. The van der Waals surface area contributed by atoms with E-state index in [-0.39, 0.29) is 11.5 Å². The second-order valence-corrected chi connectivity index (χ2v) is 4.77. The number of nitrogens with one attached hydrogen (secondary N) is 3. The van der Waals surface area contributed by atoms with Gasteiger partial charge in [-0.15, -0.1) is 0 Å². The summed E-state index contributed by atoms with van der Waals surface area (Å²) in [4.78, 5) is 11.5. The Kier molecular flexibility index (Phi) is 9.69. The molecule has 0 aromatic rings. The van der Waals surface area contributed by atoms with E-state index in [2.05, 4.69) is 29.8 Å². The number of hydrogen-bond acceptors (Lipinski definition) is 4.